The van der Waals surface area contributed by atoms with Crippen LogP contribution in [0.4, 0.5) is 0 Å². The van der Waals surface area contributed by atoms with Crippen LogP contribution in [0.15, 0.2) is 36.4 Å². The quantitative estimate of drug-likeness (QED) is 0.584. The lowest BCUT2D eigenvalue weighted by Gasteiger charge is -2.57. The zero-order valence-electron chi connectivity index (χ0n) is 16.9. The molecule has 5 unspecified atom stereocenters. The summed E-state index contributed by atoms with van der Waals surface area (Å²) in [7, 11) is 0. The monoisotopic (exact) mass is 394 g/mol. The largest absolute Gasteiger partial charge is 0.459 e. The van der Waals surface area contributed by atoms with Gasteiger partial charge in [0.15, 0.2) is 0 Å². The zero-order valence-corrected chi connectivity index (χ0v) is 16.9. The van der Waals surface area contributed by atoms with Gasteiger partial charge < -0.3 is 9.64 Å². The second kappa shape index (κ2) is 7.94. The average Bonchev–Trinajstić information content (AvgIpc) is 2.74. The maximum absolute atomic E-state index is 12.5. The van der Waals surface area contributed by atoms with Crippen LogP contribution in [-0.4, -0.2) is 59.5 Å². The first-order valence-corrected chi connectivity index (χ1v) is 11.1. The van der Waals surface area contributed by atoms with Crippen molar-refractivity contribution < 1.29 is 14.3 Å². The molecule has 1 aromatic rings. The van der Waals surface area contributed by atoms with E-state index in [0.717, 1.165) is 50.9 Å². The molecule has 0 spiro atoms. The number of esters is 1. The van der Waals surface area contributed by atoms with E-state index >= 15 is 0 Å². The highest BCUT2D eigenvalue weighted by Gasteiger charge is 2.49. The summed E-state index contributed by atoms with van der Waals surface area (Å²) in [5.41, 5.74) is 1.00. The molecular weight excluding hydrogens is 364 g/mol. The molecule has 5 nitrogen and oxygen atoms in total. The van der Waals surface area contributed by atoms with E-state index in [-0.39, 0.29) is 12.1 Å². The van der Waals surface area contributed by atoms with Crippen LogP contribution in [0.5, 0.6) is 0 Å². The lowest BCUT2D eigenvalue weighted by Crippen LogP contribution is -2.65. The van der Waals surface area contributed by atoms with E-state index in [1.54, 1.807) is 0 Å². The molecule has 1 aromatic carbocycles. The molecule has 5 atom stereocenters. The van der Waals surface area contributed by atoms with Gasteiger partial charge in [-0.3, -0.25) is 9.69 Å². The summed E-state index contributed by atoms with van der Waals surface area (Å²) in [6.45, 7) is 3.00. The predicted octanol–water partition coefficient (Wildman–Crippen LogP) is 3.11. The molecule has 0 N–H and O–H groups in total. The minimum atomic E-state index is -0.254. The number of nitrogens with zero attached hydrogens (tertiary/aromatic N) is 2. The number of amides is 1. The van der Waals surface area contributed by atoms with Crippen molar-refractivity contribution in [1.82, 2.24) is 9.80 Å². The Hall–Kier alpha value is -2.14. The van der Waals surface area contributed by atoms with Crippen molar-refractivity contribution in [1.29, 1.82) is 0 Å². The Kier molecular flexibility index (Phi) is 5.17. The van der Waals surface area contributed by atoms with Gasteiger partial charge in [-0.2, -0.15) is 0 Å². The van der Waals surface area contributed by atoms with Gasteiger partial charge in [0.2, 0.25) is 5.91 Å². The molecule has 4 aliphatic rings. The summed E-state index contributed by atoms with van der Waals surface area (Å²) in [5.74, 6) is 1.25. The number of rotatable bonds is 3. The number of piperidine rings is 4. The molecule has 2 bridgehead atoms. The highest BCUT2D eigenvalue weighted by atomic mass is 16.5. The topological polar surface area (TPSA) is 49.9 Å². The van der Waals surface area contributed by atoms with E-state index in [2.05, 4.69) is 9.80 Å². The van der Waals surface area contributed by atoms with Crippen molar-refractivity contribution in [2.45, 2.75) is 56.7 Å². The summed E-state index contributed by atoms with van der Waals surface area (Å²) >= 11 is 0. The maximum Gasteiger partial charge on any atom is 0.331 e. The van der Waals surface area contributed by atoms with Crippen molar-refractivity contribution in [3.8, 4) is 0 Å². The van der Waals surface area contributed by atoms with E-state index in [1.807, 2.05) is 36.4 Å². The predicted molar refractivity (Wildman–Crippen MR) is 111 cm³/mol. The van der Waals surface area contributed by atoms with Gasteiger partial charge in [0, 0.05) is 50.6 Å². The van der Waals surface area contributed by atoms with Crippen LogP contribution in [0.1, 0.15) is 44.1 Å². The Morgan fingerprint density at radius 3 is 2.72 bits per heavy atom. The van der Waals surface area contributed by atoms with Gasteiger partial charge in [0.1, 0.15) is 6.10 Å². The van der Waals surface area contributed by atoms with Gasteiger partial charge in [-0.25, -0.2) is 4.79 Å². The van der Waals surface area contributed by atoms with Crippen molar-refractivity contribution in [3.05, 3.63) is 42.0 Å². The molecule has 1 amide bonds. The third-order valence-corrected chi connectivity index (χ3v) is 7.41. The van der Waals surface area contributed by atoms with Gasteiger partial charge in [0.25, 0.3) is 0 Å². The molecule has 154 valence electrons. The van der Waals surface area contributed by atoms with Gasteiger partial charge >= 0.3 is 5.97 Å². The summed E-state index contributed by atoms with van der Waals surface area (Å²) in [4.78, 5) is 29.6. The molecule has 29 heavy (non-hydrogen) atoms. The first-order valence-electron chi connectivity index (χ1n) is 11.1. The second-order valence-corrected chi connectivity index (χ2v) is 9.15. The fourth-order valence-corrected chi connectivity index (χ4v) is 6.09. The lowest BCUT2D eigenvalue weighted by molar-refractivity contribution is -0.155. The van der Waals surface area contributed by atoms with E-state index in [0.29, 0.717) is 29.8 Å². The third kappa shape index (κ3) is 3.85. The minimum Gasteiger partial charge on any atom is -0.459 e. The smallest absolute Gasteiger partial charge is 0.331 e. The van der Waals surface area contributed by atoms with Crippen LogP contribution in [0.2, 0.25) is 0 Å². The maximum atomic E-state index is 12.5. The van der Waals surface area contributed by atoms with Crippen LogP contribution in [0.3, 0.4) is 0 Å². The molecule has 0 aliphatic carbocycles. The molecule has 4 fully saturated rings. The van der Waals surface area contributed by atoms with Gasteiger partial charge in [-0.1, -0.05) is 30.3 Å². The molecule has 5 rings (SSSR count). The standard InChI is InChI=1S/C24H30N2O3/c27-23-8-4-7-21-18-13-19(16-26(21)23)22-14-20(11-12-25(22)15-18)29-24(28)10-9-17-5-2-1-3-6-17/h1-3,5-6,9-10,18-22H,4,7-8,11-16H2. The number of benzene rings is 1. The van der Waals surface area contributed by atoms with E-state index in [1.165, 1.54) is 18.9 Å². The molecule has 4 aliphatic heterocycles. The number of hydrogen-bond acceptors (Lipinski definition) is 4. The average molecular weight is 395 g/mol. The van der Waals surface area contributed by atoms with E-state index in [4.69, 9.17) is 4.74 Å². The fraction of sp³-hybridized carbons (Fsp3) is 0.583. The van der Waals surface area contributed by atoms with Crippen LogP contribution < -0.4 is 0 Å². The van der Waals surface area contributed by atoms with E-state index < -0.39 is 0 Å². The molecule has 0 aromatic heterocycles. The van der Waals surface area contributed by atoms with Crippen molar-refractivity contribution >= 4 is 18.0 Å². The number of carbonyl (C=O) groups is 2. The van der Waals surface area contributed by atoms with Crippen LogP contribution in [0.25, 0.3) is 6.08 Å². The van der Waals surface area contributed by atoms with Crippen LogP contribution in [0, 0.1) is 11.8 Å². The Labute approximate surface area is 172 Å². The normalized spacial score (nSPS) is 34.6. The number of ether oxygens (including phenoxy) is 1. The van der Waals surface area contributed by atoms with Crippen molar-refractivity contribution in [2.24, 2.45) is 11.8 Å². The Balaban J connectivity index is 1.21. The zero-order chi connectivity index (χ0) is 19.8. The van der Waals surface area contributed by atoms with Crippen molar-refractivity contribution in [2.75, 3.05) is 19.6 Å². The third-order valence-electron chi connectivity index (χ3n) is 7.41. The molecule has 0 radical (unpaired) electrons. The summed E-state index contributed by atoms with van der Waals surface area (Å²) in [6.07, 6.45) is 9.32. The number of fused-ring (bicyclic) bond motifs is 6. The molecular formula is C24H30N2O3. The van der Waals surface area contributed by atoms with E-state index in [9.17, 15) is 9.59 Å². The number of carbonyl (C=O) groups excluding carboxylic acids is 2. The Morgan fingerprint density at radius 1 is 1.03 bits per heavy atom. The molecule has 0 saturated carbocycles. The fourth-order valence-electron chi connectivity index (χ4n) is 6.09. The van der Waals surface area contributed by atoms with Crippen molar-refractivity contribution in [3.63, 3.8) is 0 Å². The molecule has 5 heteroatoms. The minimum absolute atomic E-state index is 0.0181. The van der Waals surface area contributed by atoms with Gasteiger partial charge in [-0.05, 0) is 49.2 Å². The van der Waals surface area contributed by atoms with Crippen LogP contribution >= 0.6 is 0 Å². The molecule has 4 heterocycles. The highest BCUT2D eigenvalue weighted by Crippen LogP contribution is 2.43. The first kappa shape index (κ1) is 18.9. The van der Waals surface area contributed by atoms with Gasteiger partial charge in [0.05, 0.1) is 0 Å². The first-order chi connectivity index (χ1) is 14.2. The summed E-state index contributed by atoms with van der Waals surface area (Å²) in [6, 6.07) is 10.7. The second-order valence-electron chi connectivity index (χ2n) is 9.15. The highest BCUT2D eigenvalue weighted by molar-refractivity contribution is 5.87. The lowest BCUT2D eigenvalue weighted by atomic mass is 9.70. The Bertz CT molecular complexity index is 793. The number of hydrogen-bond donors (Lipinski definition) is 0. The van der Waals surface area contributed by atoms with Crippen LogP contribution in [-0.2, 0) is 14.3 Å². The summed E-state index contributed by atoms with van der Waals surface area (Å²) in [5, 5.41) is 0. The summed E-state index contributed by atoms with van der Waals surface area (Å²) < 4.78 is 5.79. The SMILES string of the molecule is O=C(C=Cc1ccccc1)OC1CCN2CC3CC(CN4C(=O)CCCC34)C2C1. The Morgan fingerprint density at radius 2 is 1.86 bits per heavy atom. The molecule has 4 saturated heterocycles. The van der Waals surface area contributed by atoms with Gasteiger partial charge in [-0.15, -0.1) is 0 Å².